The molecule has 0 aliphatic carbocycles. The minimum absolute atomic E-state index is 0.248. The second kappa shape index (κ2) is 6.23. The zero-order valence-electron chi connectivity index (χ0n) is 13.1. The molecule has 0 spiro atoms. The number of halogens is 1. The van der Waals surface area contributed by atoms with Crippen LogP contribution in [0.1, 0.15) is 21.7 Å². The average Bonchev–Trinajstić information content (AvgIpc) is 2.86. The predicted octanol–water partition coefficient (Wildman–Crippen LogP) is 4.92. The topological polar surface area (TPSA) is 51.5 Å². The van der Waals surface area contributed by atoms with Crippen LogP contribution in [0, 0.1) is 17.4 Å². The van der Waals surface area contributed by atoms with Crippen molar-refractivity contribution in [3.05, 3.63) is 56.9 Å². The number of anilines is 1. The molecule has 1 N–H and O–H groups in total. The largest absolute Gasteiger partial charge is 0.497 e. The van der Waals surface area contributed by atoms with Gasteiger partial charge in [0.05, 0.1) is 7.11 Å². The fraction of sp³-hybridized carbons (Fsp3) is 0.167. The summed E-state index contributed by atoms with van der Waals surface area (Å²) in [7, 11) is 1.61. The van der Waals surface area contributed by atoms with Gasteiger partial charge in [-0.1, -0.05) is 0 Å². The van der Waals surface area contributed by atoms with Gasteiger partial charge in [-0.3, -0.25) is 4.79 Å². The quantitative estimate of drug-likeness (QED) is 0.612. The number of aryl methyl sites for hydroxylation is 2. The molecule has 0 fully saturated rings. The average molecular weight is 421 g/mol. The van der Waals surface area contributed by atoms with Crippen molar-refractivity contribution in [2.45, 2.75) is 13.8 Å². The van der Waals surface area contributed by atoms with E-state index < -0.39 is 0 Å². The fourth-order valence-corrected chi connectivity index (χ4v) is 3.14. The zero-order valence-corrected chi connectivity index (χ0v) is 15.2. The van der Waals surface area contributed by atoms with Crippen LogP contribution in [0.25, 0.3) is 11.0 Å². The molecule has 2 aromatic carbocycles. The number of carbonyl (C=O) groups is 1. The summed E-state index contributed by atoms with van der Waals surface area (Å²) < 4.78 is 12.1. The van der Waals surface area contributed by atoms with Crippen LogP contribution in [-0.2, 0) is 0 Å². The van der Waals surface area contributed by atoms with Crippen molar-refractivity contribution in [3.63, 3.8) is 0 Å². The van der Waals surface area contributed by atoms with Gasteiger partial charge in [-0.15, -0.1) is 0 Å². The SMILES string of the molecule is COc1ccc2oc(C(=O)Nc3ccc(I)cc3C)c(C)c2c1. The lowest BCUT2D eigenvalue weighted by Gasteiger charge is -2.07. The molecule has 0 atom stereocenters. The van der Waals surface area contributed by atoms with Gasteiger partial charge in [0, 0.05) is 20.2 Å². The molecule has 1 heterocycles. The summed E-state index contributed by atoms with van der Waals surface area (Å²) in [6.45, 7) is 3.84. The van der Waals surface area contributed by atoms with E-state index in [0.29, 0.717) is 11.3 Å². The van der Waals surface area contributed by atoms with E-state index in [4.69, 9.17) is 9.15 Å². The standard InChI is InChI=1S/C18H16INO3/c1-10-8-12(19)4-6-15(10)20-18(21)17-11(2)14-9-13(22-3)5-7-16(14)23-17/h4-9H,1-3H3,(H,20,21). The molecular weight excluding hydrogens is 405 g/mol. The van der Waals surface area contributed by atoms with Crippen molar-refractivity contribution in [1.82, 2.24) is 0 Å². The maximum atomic E-state index is 12.6. The summed E-state index contributed by atoms with van der Waals surface area (Å²) >= 11 is 2.25. The number of fused-ring (bicyclic) bond motifs is 1. The number of furan rings is 1. The molecule has 1 aromatic heterocycles. The molecule has 0 unspecified atom stereocenters. The van der Waals surface area contributed by atoms with Crippen molar-refractivity contribution < 1.29 is 13.9 Å². The number of benzene rings is 2. The number of ether oxygens (including phenoxy) is 1. The van der Waals surface area contributed by atoms with Crippen LogP contribution in [0.4, 0.5) is 5.69 Å². The second-order valence-corrected chi connectivity index (χ2v) is 6.58. The lowest BCUT2D eigenvalue weighted by Crippen LogP contribution is -2.13. The highest BCUT2D eigenvalue weighted by Crippen LogP contribution is 2.29. The summed E-state index contributed by atoms with van der Waals surface area (Å²) in [5.41, 5.74) is 3.28. The lowest BCUT2D eigenvalue weighted by molar-refractivity contribution is 0.0998. The van der Waals surface area contributed by atoms with E-state index in [1.54, 1.807) is 7.11 Å². The summed E-state index contributed by atoms with van der Waals surface area (Å²) in [5.74, 6) is 0.815. The van der Waals surface area contributed by atoms with Gasteiger partial charge in [0.25, 0.3) is 5.91 Å². The molecule has 0 saturated carbocycles. The smallest absolute Gasteiger partial charge is 0.291 e. The predicted molar refractivity (Wildman–Crippen MR) is 99.4 cm³/mol. The molecule has 5 heteroatoms. The molecule has 0 saturated heterocycles. The first-order valence-electron chi connectivity index (χ1n) is 7.14. The normalized spacial score (nSPS) is 10.8. The number of rotatable bonds is 3. The van der Waals surface area contributed by atoms with Gasteiger partial charge >= 0.3 is 0 Å². The number of nitrogens with one attached hydrogen (secondary N) is 1. The van der Waals surface area contributed by atoms with Crippen LogP contribution in [0.2, 0.25) is 0 Å². The Kier molecular flexibility index (Phi) is 4.30. The third-order valence-electron chi connectivity index (χ3n) is 3.79. The Morgan fingerprint density at radius 1 is 1.17 bits per heavy atom. The Balaban J connectivity index is 1.96. The third kappa shape index (κ3) is 3.06. The number of hydrogen-bond donors (Lipinski definition) is 1. The monoisotopic (exact) mass is 421 g/mol. The Labute approximate surface area is 148 Å². The first-order valence-corrected chi connectivity index (χ1v) is 8.22. The van der Waals surface area contributed by atoms with Crippen LogP contribution < -0.4 is 10.1 Å². The van der Waals surface area contributed by atoms with Gasteiger partial charge in [-0.25, -0.2) is 0 Å². The van der Waals surface area contributed by atoms with E-state index >= 15 is 0 Å². The molecule has 0 radical (unpaired) electrons. The minimum atomic E-state index is -0.248. The van der Waals surface area contributed by atoms with E-state index in [1.807, 2.05) is 50.2 Å². The van der Waals surface area contributed by atoms with E-state index in [1.165, 1.54) is 0 Å². The maximum absolute atomic E-state index is 12.6. The highest BCUT2D eigenvalue weighted by atomic mass is 127. The van der Waals surface area contributed by atoms with Gasteiger partial charge in [0.2, 0.25) is 0 Å². The fourth-order valence-electron chi connectivity index (χ4n) is 2.49. The van der Waals surface area contributed by atoms with Crippen molar-refractivity contribution in [2.24, 2.45) is 0 Å². The van der Waals surface area contributed by atoms with Crippen molar-refractivity contribution in [1.29, 1.82) is 0 Å². The molecule has 0 bridgehead atoms. The maximum Gasteiger partial charge on any atom is 0.291 e. The summed E-state index contributed by atoms with van der Waals surface area (Å²) in [5, 5.41) is 3.80. The van der Waals surface area contributed by atoms with E-state index in [0.717, 1.165) is 31.5 Å². The molecule has 118 valence electrons. The molecule has 0 aliphatic rings. The molecule has 23 heavy (non-hydrogen) atoms. The first-order chi connectivity index (χ1) is 11.0. The molecular formula is C18H16INO3. The van der Waals surface area contributed by atoms with Crippen molar-refractivity contribution in [2.75, 3.05) is 12.4 Å². The second-order valence-electron chi connectivity index (χ2n) is 5.33. The van der Waals surface area contributed by atoms with Gasteiger partial charge in [-0.05, 0) is 78.4 Å². The molecule has 0 aliphatic heterocycles. The molecule has 1 amide bonds. The summed E-state index contributed by atoms with van der Waals surface area (Å²) in [6, 6.07) is 11.4. The van der Waals surface area contributed by atoms with Crippen LogP contribution in [-0.4, -0.2) is 13.0 Å². The van der Waals surface area contributed by atoms with Crippen LogP contribution in [0.15, 0.2) is 40.8 Å². The molecule has 4 nitrogen and oxygen atoms in total. The van der Waals surface area contributed by atoms with Gasteiger partial charge in [0.1, 0.15) is 11.3 Å². The highest BCUT2D eigenvalue weighted by Gasteiger charge is 2.18. The summed E-state index contributed by atoms with van der Waals surface area (Å²) in [6.07, 6.45) is 0. The molecule has 3 rings (SSSR count). The van der Waals surface area contributed by atoms with Crippen LogP contribution in [0.5, 0.6) is 5.75 Å². The van der Waals surface area contributed by atoms with E-state index in [-0.39, 0.29) is 5.91 Å². The van der Waals surface area contributed by atoms with E-state index in [2.05, 4.69) is 27.9 Å². The minimum Gasteiger partial charge on any atom is -0.497 e. The number of methoxy groups -OCH3 is 1. The van der Waals surface area contributed by atoms with Crippen LogP contribution in [0.3, 0.4) is 0 Å². The third-order valence-corrected chi connectivity index (χ3v) is 4.46. The van der Waals surface area contributed by atoms with Crippen LogP contribution >= 0.6 is 22.6 Å². The Morgan fingerprint density at radius 2 is 1.96 bits per heavy atom. The molecule has 3 aromatic rings. The number of amides is 1. The number of hydrogen-bond acceptors (Lipinski definition) is 3. The highest BCUT2D eigenvalue weighted by molar-refractivity contribution is 14.1. The summed E-state index contributed by atoms with van der Waals surface area (Å²) in [4.78, 5) is 12.6. The van der Waals surface area contributed by atoms with Gasteiger partial charge in [-0.2, -0.15) is 0 Å². The van der Waals surface area contributed by atoms with E-state index in [9.17, 15) is 4.79 Å². The van der Waals surface area contributed by atoms with Gasteiger partial charge < -0.3 is 14.5 Å². The van der Waals surface area contributed by atoms with Gasteiger partial charge in [0.15, 0.2) is 5.76 Å². The van der Waals surface area contributed by atoms with Crippen molar-refractivity contribution >= 4 is 45.2 Å². The Morgan fingerprint density at radius 3 is 2.65 bits per heavy atom. The number of carbonyl (C=O) groups excluding carboxylic acids is 1. The lowest BCUT2D eigenvalue weighted by atomic mass is 10.1. The Bertz CT molecular complexity index is 899. The Hall–Kier alpha value is -2.02. The first kappa shape index (κ1) is 15.9. The zero-order chi connectivity index (χ0) is 16.6. The van der Waals surface area contributed by atoms with Crippen molar-refractivity contribution in [3.8, 4) is 5.75 Å².